The number of anilines is 1. The van der Waals surface area contributed by atoms with Crippen LogP contribution in [-0.2, 0) is 19.5 Å². The maximum Gasteiger partial charge on any atom is 0.276 e. The van der Waals surface area contributed by atoms with E-state index in [0.717, 1.165) is 30.9 Å². The van der Waals surface area contributed by atoms with E-state index >= 15 is 0 Å². The summed E-state index contributed by atoms with van der Waals surface area (Å²) >= 11 is 0. The zero-order valence-corrected chi connectivity index (χ0v) is 19.2. The largest absolute Gasteiger partial charge is 0.352 e. The molecule has 0 unspecified atom stereocenters. The molecule has 0 saturated heterocycles. The molecule has 1 aliphatic rings. The van der Waals surface area contributed by atoms with Gasteiger partial charge in [0.15, 0.2) is 5.69 Å². The monoisotopic (exact) mass is 469 g/mol. The van der Waals surface area contributed by atoms with Crippen LogP contribution in [0.15, 0.2) is 77.7 Å². The van der Waals surface area contributed by atoms with Crippen LogP contribution in [0.2, 0.25) is 0 Å². The summed E-state index contributed by atoms with van der Waals surface area (Å²) in [6.45, 7) is 3.53. The summed E-state index contributed by atoms with van der Waals surface area (Å²) in [6.07, 6.45) is 2.69. The highest BCUT2D eigenvalue weighted by Gasteiger charge is 2.18. The number of hydrogen-bond donors (Lipinski definition) is 1. The highest BCUT2D eigenvalue weighted by molar-refractivity contribution is 5.92. The number of halogens is 1. The molecule has 1 N–H and O–H groups in total. The van der Waals surface area contributed by atoms with E-state index in [1.54, 1.807) is 25.3 Å². The van der Waals surface area contributed by atoms with Crippen molar-refractivity contribution in [1.82, 2.24) is 20.1 Å². The smallest absolute Gasteiger partial charge is 0.276 e. The highest BCUT2D eigenvalue weighted by Crippen LogP contribution is 2.23. The van der Waals surface area contributed by atoms with Crippen LogP contribution in [0, 0.1) is 12.7 Å². The van der Waals surface area contributed by atoms with Crippen LogP contribution >= 0.6 is 0 Å². The van der Waals surface area contributed by atoms with Crippen molar-refractivity contribution >= 4 is 11.7 Å². The number of rotatable bonds is 5. The lowest BCUT2D eigenvalue weighted by molar-refractivity contribution is 0.0943. The zero-order valence-electron chi connectivity index (χ0n) is 19.2. The van der Waals surface area contributed by atoms with Crippen molar-refractivity contribution in [3.63, 3.8) is 0 Å². The third kappa shape index (κ3) is 4.68. The number of fused-ring (bicyclic) bond motifs is 1. The molecule has 0 atom stereocenters. The van der Waals surface area contributed by atoms with Crippen molar-refractivity contribution in [2.24, 2.45) is 0 Å². The summed E-state index contributed by atoms with van der Waals surface area (Å²) in [6, 6.07) is 19.6. The van der Waals surface area contributed by atoms with Crippen molar-refractivity contribution in [2.75, 3.05) is 11.4 Å². The van der Waals surface area contributed by atoms with Gasteiger partial charge >= 0.3 is 0 Å². The third-order valence-electron chi connectivity index (χ3n) is 6.12. The molecule has 1 aliphatic heterocycles. The summed E-state index contributed by atoms with van der Waals surface area (Å²) in [7, 11) is 0. The fraction of sp³-hybridized carbons (Fsp3) is 0.185. The minimum Gasteiger partial charge on any atom is -0.352 e. The Labute approximate surface area is 201 Å². The molecular formula is C27H24FN5O2. The van der Waals surface area contributed by atoms with Crippen molar-refractivity contribution < 1.29 is 9.18 Å². The summed E-state index contributed by atoms with van der Waals surface area (Å²) in [5.41, 5.74) is 3.25. The predicted molar refractivity (Wildman–Crippen MR) is 131 cm³/mol. The first kappa shape index (κ1) is 22.5. The molecule has 0 bridgehead atoms. The van der Waals surface area contributed by atoms with Crippen LogP contribution in [0.25, 0.3) is 5.69 Å². The van der Waals surface area contributed by atoms with Gasteiger partial charge in [-0.05, 0) is 48.2 Å². The molecule has 2 aromatic heterocycles. The fourth-order valence-corrected chi connectivity index (χ4v) is 4.24. The van der Waals surface area contributed by atoms with E-state index in [2.05, 4.69) is 44.6 Å². The zero-order chi connectivity index (χ0) is 24.4. The third-order valence-corrected chi connectivity index (χ3v) is 6.12. The quantitative estimate of drug-likeness (QED) is 0.484. The standard InChI is InChI=1S/C27H24FN5O2/c1-18-14-24(34)26(31-33(18)23-9-5-4-8-22(23)28)27(35)30-16-19-10-11-25(29-15-19)32-13-12-20-6-2-3-7-21(20)17-32/h2-11,14-15H,12-13,16-17H2,1H3,(H,30,35). The molecule has 176 valence electrons. The van der Waals surface area contributed by atoms with Crippen molar-refractivity contribution in [3.8, 4) is 5.69 Å². The maximum atomic E-state index is 14.2. The fourth-order valence-electron chi connectivity index (χ4n) is 4.24. The van der Waals surface area contributed by atoms with Gasteiger partial charge in [-0.15, -0.1) is 0 Å². The molecule has 5 rings (SSSR count). The number of aromatic nitrogens is 3. The number of para-hydroxylation sites is 1. The maximum absolute atomic E-state index is 14.2. The lowest BCUT2D eigenvalue weighted by Crippen LogP contribution is -2.32. The molecule has 7 nitrogen and oxygen atoms in total. The van der Waals surface area contributed by atoms with E-state index in [9.17, 15) is 14.0 Å². The van der Waals surface area contributed by atoms with Gasteiger partial charge in [0.1, 0.15) is 17.3 Å². The average Bonchev–Trinajstić information content (AvgIpc) is 2.88. The molecule has 0 saturated carbocycles. The topological polar surface area (TPSA) is 80.1 Å². The second-order valence-electron chi connectivity index (χ2n) is 8.51. The van der Waals surface area contributed by atoms with Gasteiger partial charge in [-0.25, -0.2) is 14.1 Å². The average molecular weight is 470 g/mol. The Bertz CT molecular complexity index is 1450. The first-order valence-corrected chi connectivity index (χ1v) is 11.4. The lowest BCUT2D eigenvalue weighted by Gasteiger charge is -2.29. The van der Waals surface area contributed by atoms with Gasteiger partial charge in [0.2, 0.25) is 5.43 Å². The van der Waals surface area contributed by atoms with Crippen LogP contribution in [0.4, 0.5) is 10.2 Å². The molecule has 0 radical (unpaired) electrons. The molecule has 0 fully saturated rings. The number of hydrogen-bond acceptors (Lipinski definition) is 5. The molecule has 4 aromatic rings. The summed E-state index contributed by atoms with van der Waals surface area (Å²) < 4.78 is 15.5. The molecular weight excluding hydrogens is 445 g/mol. The molecule has 3 heterocycles. The normalized spacial score (nSPS) is 12.8. The van der Waals surface area contributed by atoms with Crippen LogP contribution in [0.5, 0.6) is 0 Å². The summed E-state index contributed by atoms with van der Waals surface area (Å²) in [5.74, 6) is -0.249. The molecule has 2 aromatic carbocycles. The Kier molecular flexibility index (Phi) is 6.10. The predicted octanol–water partition coefficient (Wildman–Crippen LogP) is 3.57. The number of carbonyl (C=O) groups is 1. The highest BCUT2D eigenvalue weighted by atomic mass is 19.1. The number of carbonyl (C=O) groups excluding carboxylic acids is 1. The Morgan fingerprint density at radius 2 is 1.83 bits per heavy atom. The van der Waals surface area contributed by atoms with Gasteiger partial charge in [0.25, 0.3) is 5.91 Å². The van der Waals surface area contributed by atoms with Crippen LogP contribution in [0.3, 0.4) is 0 Å². The van der Waals surface area contributed by atoms with E-state index in [1.165, 1.54) is 34.0 Å². The van der Waals surface area contributed by atoms with Crippen LogP contribution < -0.4 is 15.6 Å². The molecule has 0 spiro atoms. The first-order chi connectivity index (χ1) is 17.0. The number of pyridine rings is 1. The molecule has 35 heavy (non-hydrogen) atoms. The van der Waals surface area contributed by atoms with E-state index in [1.807, 2.05) is 12.1 Å². The number of aryl methyl sites for hydroxylation is 1. The Hall–Kier alpha value is -4.33. The summed E-state index contributed by atoms with van der Waals surface area (Å²) in [5, 5.41) is 6.86. The number of nitrogens with zero attached hydrogens (tertiary/aromatic N) is 4. The first-order valence-electron chi connectivity index (χ1n) is 11.4. The second-order valence-corrected chi connectivity index (χ2v) is 8.51. The van der Waals surface area contributed by atoms with E-state index < -0.39 is 17.2 Å². The summed E-state index contributed by atoms with van der Waals surface area (Å²) in [4.78, 5) is 32.0. The number of benzene rings is 2. The Morgan fingerprint density at radius 3 is 2.60 bits per heavy atom. The van der Waals surface area contributed by atoms with Gasteiger partial charge < -0.3 is 10.2 Å². The Morgan fingerprint density at radius 1 is 1.06 bits per heavy atom. The van der Waals surface area contributed by atoms with E-state index in [0.29, 0.717) is 5.69 Å². The molecule has 8 heteroatoms. The van der Waals surface area contributed by atoms with Crippen molar-refractivity contribution in [3.05, 3.63) is 117 Å². The Balaban J connectivity index is 1.27. The molecule has 0 aliphatic carbocycles. The number of amides is 1. The van der Waals surface area contributed by atoms with Gasteiger partial charge in [-0.3, -0.25) is 9.59 Å². The van der Waals surface area contributed by atoms with Gasteiger partial charge in [0, 0.05) is 37.6 Å². The van der Waals surface area contributed by atoms with Gasteiger partial charge in [0.05, 0.1) is 0 Å². The number of nitrogens with one attached hydrogen (secondary N) is 1. The minimum absolute atomic E-state index is 0.166. The second kappa shape index (κ2) is 9.50. The van der Waals surface area contributed by atoms with Crippen molar-refractivity contribution in [1.29, 1.82) is 0 Å². The SMILES string of the molecule is Cc1cc(=O)c(C(=O)NCc2ccc(N3CCc4ccccc4C3)nc2)nn1-c1ccccc1F. The van der Waals surface area contributed by atoms with E-state index in [4.69, 9.17) is 0 Å². The van der Waals surface area contributed by atoms with Gasteiger partial charge in [-0.2, -0.15) is 5.10 Å². The lowest BCUT2D eigenvalue weighted by atomic mass is 10.00. The van der Waals surface area contributed by atoms with Crippen LogP contribution in [-0.4, -0.2) is 27.2 Å². The van der Waals surface area contributed by atoms with Gasteiger partial charge in [-0.1, -0.05) is 42.5 Å². The molecule has 1 amide bonds. The van der Waals surface area contributed by atoms with E-state index in [-0.39, 0.29) is 17.9 Å². The minimum atomic E-state index is -0.628. The van der Waals surface area contributed by atoms with Crippen molar-refractivity contribution in [2.45, 2.75) is 26.4 Å². The van der Waals surface area contributed by atoms with Crippen LogP contribution in [0.1, 0.15) is 32.9 Å².